The lowest BCUT2D eigenvalue weighted by Crippen LogP contribution is -2.40. The lowest BCUT2D eigenvalue weighted by atomic mass is 9.97. The van der Waals surface area contributed by atoms with E-state index in [1.54, 1.807) is 29.1 Å². The smallest absolute Gasteiger partial charge is 0.355 e. The number of carbonyl (C=O) groups excluding carboxylic acids is 1. The Labute approximate surface area is 292 Å². The van der Waals surface area contributed by atoms with E-state index in [-0.39, 0.29) is 23.1 Å². The summed E-state index contributed by atoms with van der Waals surface area (Å²) in [5.41, 5.74) is 4.85. The van der Waals surface area contributed by atoms with Crippen molar-refractivity contribution in [2.24, 2.45) is 11.8 Å². The number of aromatic amines is 1. The summed E-state index contributed by atoms with van der Waals surface area (Å²) < 4.78 is 50.4. The van der Waals surface area contributed by atoms with E-state index in [1.807, 2.05) is 69.2 Å². The predicted molar refractivity (Wildman–Crippen MR) is 193 cm³/mol. The van der Waals surface area contributed by atoms with Crippen molar-refractivity contribution in [3.63, 3.8) is 0 Å². The van der Waals surface area contributed by atoms with Crippen molar-refractivity contribution < 1.29 is 22.3 Å². The van der Waals surface area contributed by atoms with Crippen LogP contribution in [0.4, 0.5) is 10.1 Å². The van der Waals surface area contributed by atoms with Gasteiger partial charge in [-0.1, -0.05) is 49.4 Å². The number of nitrogens with one attached hydrogen (secondary N) is 2. The first-order valence-corrected chi connectivity index (χ1v) is 18.4. The summed E-state index contributed by atoms with van der Waals surface area (Å²) in [5, 5.41) is 9.25. The SMILES string of the molecule is CC(C)COC(=O)c1[nH]c2ccc(F)cc2c1-c1cn(CC2CCN(CCNS(=O)(=O)c3ccc(-c4ccccc4N(C)C)cc3)CC2)nn1. The molecule has 3 aromatic carbocycles. The lowest BCUT2D eigenvalue weighted by molar-refractivity contribution is 0.0454. The zero-order valence-corrected chi connectivity index (χ0v) is 29.7. The maximum absolute atomic E-state index is 14.2. The van der Waals surface area contributed by atoms with Gasteiger partial charge >= 0.3 is 5.97 Å². The van der Waals surface area contributed by atoms with Gasteiger partial charge in [0, 0.05) is 61.4 Å². The topological polar surface area (TPSA) is 125 Å². The van der Waals surface area contributed by atoms with Crippen LogP contribution in [0, 0.1) is 17.7 Å². The summed E-state index contributed by atoms with van der Waals surface area (Å²) in [4.78, 5) is 20.6. The van der Waals surface area contributed by atoms with E-state index < -0.39 is 21.8 Å². The van der Waals surface area contributed by atoms with Crippen LogP contribution in [-0.2, 0) is 21.3 Å². The van der Waals surface area contributed by atoms with Gasteiger partial charge in [0.15, 0.2) is 0 Å². The van der Waals surface area contributed by atoms with Gasteiger partial charge in [0.05, 0.1) is 17.7 Å². The van der Waals surface area contributed by atoms with E-state index in [1.165, 1.54) is 12.1 Å². The van der Waals surface area contributed by atoms with Crippen molar-refractivity contribution in [2.75, 3.05) is 51.8 Å². The van der Waals surface area contributed by atoms with Crippen molar-refractivity contribution in [2.45, 2.75) is 38.1 Å². The number of carbonyl (C=O) groups is 1. The second-order valence-corrected chi connectivity index (χ2v) is 15.3. The Morgan fingerprint density at radius 1 is 1.08 bits per heavy atom. The molecule has 2 N–H and O–H groups in total. The Kier molecular flexibility index (Phi) is 10.7. The van der Waals surface area contributed by atoms with E-state index in [4.69, 9.17) is 4.74 Å². The van der Waals surface area contributed by atoms with Crippen LogP contribution in [-0.4, -0.2) is 86.1 Å². The molecule has 13 heteroatoms. The summed E-state index contributed by atoms with van der Waals surface area (Å²) in [5.74, 6) is -0.413. The first kappa shape index (κ1) is 35.2. The quantitative estimate of drug-likeness (QED) is 0.148. The van der Waals surface area contributed by atoms with Gasteiger partial charge in [0.25, 0.3) is 0 Å². The molecule has 0 amide bonds. The molecule has 1 fully saturated rings. The molecule has 0 spiro atoms. The third-order valence-electron chi connectivity index (χ3n) is 9.04. The second-order valence-electron chi connectivity index (χ2n) is 13.5. The molecule has 5 aromatic rings. The van der Waals surface area contributed by atoms with Crippen LogP contribution in [0.25, 0.3) is 33.3 Å². The molecule has 50 heavy (non-hydrogen) atoms. The van der Waals surface area contributed by atoms with Gasteiger partial charge in [0.1, 0.15) is 17.2 Å². The molecule has 1 aliphatic heterocycles. The fourth-order valence-electron chi connectivity index (χ4n) is 6.40. The summed E-state index contributed by atoms with van der Waals surface area (Å²) in [6, 6.07) is 19.4. The highest BCUT2D eigenvalue weighted by Crippen LogP contribution is 2.33. The average Bonchev–Trinajstić information content (AvgIpc) is 3.72. The van der Waals surface area contributed by atoms with Gasteiger partial charge < -0.3 is 19.5 Å². The first-order valence-electron chi connectivity index (χ1n) is 17.0. The zero-order chi connectivity index (χ0) is 35.4. The molecule has 3 heterocycles. The number of sulfonamides is 1. The number of H-pyrrole nitrogens is 1. The molecule has 0 saturated carbocycles. The third kappa shape index (κ3) is 8.06. The second kappa shape index (κ2) is 15.1. The fourth-order valence-corrected chi connectivity index (χ4v) is 7.42. The lowest BCUT2D eigenvalue weighted by Gasteiger charge is -2.31. The molecule has 264 valence electrons. The number of nitrogens with zero attached hydrogens (tertiary/aromatic N) is 5. The van der Waals surface area contributed by atoms with Crippen LogP contribution >= 0.6 is 0 Å². The Morgan fingerprint density at radius 2 is 1.82 bits per heavy atom. The molecule has 0 bridgehead atoms. The number of fused-ring (bicyclic) bond motifs is 1. The van der Waals surface area contributed by atoms with Crippen molar-refractivity contribution in [1.29, 1.82) is 0 Å². The molecule has 0 atom stereocenters. The van der Waals surface area contributed by atoms with E-state index in [9.17, 15) is 17.6 Å². The monoisotopic (exact) mass is 701 g/mol. The van der Waals surface area contributed by atoms with E-state index >= 15 is 0 Å². The van der Waals surface area contributed by atoms with Crippen LogP contribution < -0.4 is 9.62 Å². The van der Waals surface area contributed by atoms with Crippen molar-refractivity contribution in [3.05, 3.63) is 84.4 Å². The van der Waals surface area contributed by atoms with Gasteiger partial charge in [-0.25, -0.2) is 22.3 Å². The number of ether oxygens (including phenoxy) is 1. The Balaban J connectivity index is 1.02. The standard InChI is InChI=1S/C37H44FN7O4S/c1-25(2)24-49-37(46)36-35(31-21-28(38)11-14-32(31)40-36)33-23-45(42-41-33)22-26-15-18-44(19-16-26)20-17-39-50(47,48)29-12-9-27(10-13-29)30-7-5-6-8-34(30)43(3)4/h5-14,21,23,25-26,39-40H,15-20,22,24H2,1-4H3. The molecule has 1 aliphatic rings. The number of rotatable bonds is 13. The minimum atomic E-state index is -3.64. The maximum Gasteiger partial charge on any atom is 0.355 e. The largest absolute Gasteiger partial charge is 0.461 e. The first-order chi connectivity index (χ1) is 24.0. The number of para-hydroxylation sites is 1. The van der Waals surface area contributed by atoms with Gasteiger partial charge in [0.2, 0.25) is 10.0 Å². The molecule has 11 nitrogen and oxygen atoms in total. The number of piperidine rings is 1. The average molecular weight is 702 g/mol. The van der Waals surface area contributed by atoms with Gasteiger partial charge in [-0.3, -0.25) is 4.68 Å². The van der Waals surface area contributed by atoms with E-state index in [2.05, 4.69) is 24.9 Å². The minimum absolute atomic E-state index is 0.168. The highest BCUT2D eigenvalue weighted by molar-refractivity contribution is 7.89. The molecule has 1 saturated heterocycles. The van der Waals surface area contributed by atoms with Crippen LogP contribution in [0.3, 0.4) is 0 Å². The Bertz CT molecular complexity index is 2050. The normalized spacial score (nSPS) is 14.4. The highest BCUT2D eigenvalue weighted by Gasteiger charge is 2.25. The highest BCUT2D eigenvalue weighted by atomic mass is 32.2. The molecule has 0 aliphatic carbocycles. The Hall–Kier alpha value is -4.59. The van der Waals surface area contributed by atoms with Gasteiger partial charge in [-0.15, -0.1) is 5.10 Å². The molecule has 0 radical (unpaired) electrons. The zero-order valence-electron chi connectivity index (χ0n) is 28.9. The van der Waals surface area contributed by atoms with Gasteiger partial charge in [-0.05, 0) is 79.7 Å². The summed E-state index contributed by atoms with van der Waals surface area (Å²) in [7, 11) is 0.327. The van der Waals surface area contributed by atoms with Crippen LogP contribution in [0.2, 0.25) is 0 Å². The number of benzene rings is 3. The van der Waals surface area contributed by atoms with Crippen molar-refractivity contribution >= 4 is 32.6 Å². The number of hydrogen-bond donors (Lipinski definition) is 2. The number of aromatic nitrogens is 4. The van der Waals surface area contributed by atoms with Crippen LogP contribution in [0.1, 0.15) is 37.2 Å². The number of anilines is 1. The number of halogens is 1. The molecular formula is C37H44FN7O4S. The Morgan fingerprint density at radius 3 is 2.54 bits per heavy atom. The van der Waals surface area contributed by atoms with Gasteiger partial charge in [-0.2, -0.15) is 0 Å². The molecule has 6 rings (SSSR count). The minimum Gasteiger partial charge on any atom is -0.461 e. The number of hydrogen-bond acceptors (Lipinski definition) is 8. The van der Waals surface area contributed by atoms with Crippen LogP contribution in [0.15, 0.2) is 77.8 Å². The maximum atomic E-state index is 14.2. The fraction of sp³-hybridized carbons (Fsp3) is 0.378. The van der Waals surface area contributed by atoms with E-state index in [0.717, 1.165) is 42.7 Å². The molecule has 2 aromatic heterocycles. The predicted octanol–water partition coefficient (Wildman–Crippen LogP) is 5.80. The summed E-state index contributed by atoms with van der Waals surface area (Å²) in [6.45, 7) is 7.42. The number of likely N-dealkylation sites (tertiary alicyclic amines) is 1. The number of esters is 1. The van der Waals surface area contributed by atoms with Crippen LogP contribution in [0.5, 0.6) is 0 Å². The summed E-state index contributed by atoms with van der Waals surface area (Å²) >= 11 is 0. The molecule has 0 unspecified atom stereocenters. The van der Waals surface area contributed by atoms with Crippen molar-refractivity contribution in [3.8, 4) is 22.4 Å². The van der Waals surface area contributed by atoms with Crippen molar-refractivity contribution in [1.82, 2.24) is 29.6 Å². The molecular weight excluding hydrogens is 658 g/mol. The van der Waals surface area contributed by atoms with E-state index in [0.29, 0.717) is 47.7 Å². The summed E-state index contributed by atoms with van der Waals surface area (Å²) in [6.07, 6.45) is 3.63. The third-order valence-corrected chi connectivity index (χ3v) is 10.5.